The number of hydrogen-bond donors (Lipinski definition) is 2. The van der Waals surface area contributed by atoms with Crippen molar-refractivity contribution in [2.24, 2.45) is 11.8 Å². The first-order valence-electron chi connectivity index (χ1n) is 6.31. The quantitative estimate of drug-likeness (QED) is 0.617. The summed E-state index contributed by atoms with van der Waals surface area (Å²) < 4.78 is 5.11. The number of methoxy groups -OCH3 is 1. The van der Waals surface area contributed by atoms with Crippen LogP contribution in [-0.4, -0.2) is 30.2 Å². The molecule has 1 saturated heterocycles. The molecule has 6 nitrogen and oxygen atoms in total. The topological polar surface area (TPSA) is 76.3 Å². The SMILES string of the molecule is COCc1cc(NN)nc(N2CCC(C)CC2)n1. The maximum absolute atomic E-state index is 5.44. The van der Waals surface area contributed by atoms with Gasteiger partial charge >= 0.3 is 0 Å². The second-order valence-corrected chi connectivity index (χ2v) is 4.79. The maximum atomic E-state index is 5.44. The summed E-state index contributed by atoms with van der Waals surface area (Å²) in [5, 5.41) is 0. The Labute approximate surface area is 108 Å². The van der Waals surface area contributed by atoms with E-state index in [1.54, 1.807) is 13.2 Å². The standard InChI is InChI=1S/C12H21N5O/c1-9-3-5-17(6-4-9)12-14-10(8-18-2)7-11(15-12)16-13/h7,9H,3-6,8,13H2,1-2H3,(H,14,15,16). The lowest BCUT2D eigenvalue weighted by Crippen LogP contribution is -2.34. The van der Waals surface area contributed by atoms with Crippen LogP contribution in [-0.2, 0) is 11.3 Å². The maximum Gasteiger partial charge on any atom is 0.227 e. The van der Waals surface area contributed by atoms with Crippen molar-refractivity contribution in [1.29, 1.82) is 0 Å². The minimum atomic E-state index is 0.467. The van der Waals surface area contributed by atoms with Gasteiger partial charge in [0.05, 0.1) is 12.3 Å². The number of piperidine rings is 1. The van der Waals surface area contributed by atoms with Crippen LogP contribution >= 0.6 is 0 Å². The van der Waals surface area contributed by atoms with Crippen molar-refractivity contribution >= 4 is 11.8 Å². The van der Waals surface area contributed by atoms with Gasteiger partial charge in [0.25, 0.3) is 0 Å². The van der Waals surface area contributed by atoms with E-state index >= 15 is 0 Å². The number of rotatable bonds is 4. The molecule has 0 amide bonds. The molecule has 0 saturated carbocycles. The summed E-state index contributed by atoms with van der Waals surface area (Å²) in [5.74, 6) is 7.59. The summed E-state index contributed by atoms with van der Waals surface area (Å²) in [5.41, 5.74) is 3.42. The van der Waals surface area contributed by atoms with Gasteiger partial charge in [-0.3, -0.25) is 0 Å². The molecule has 1 fully saturated rings. The van der Waals surface area contributed by atoms with Gasteiger partial charge in [0.15, 0.2) is 0 Å². The van der Waals surface area contributed by atoms with E-state index < -0.39 is 0 Å². The van der Waals surface area contributed by atoms with Gasteiger partial charge in [-0.2, -0.15) is 4.98 Å². The highest BCUT2D eigenvalue weighted by molar-refractivity contribution is 5.43. The van der Waals surface area contributed by atoms with Crippen LogP contribution in [0.3, 0.4) is 0 Å². The molecule has 0 radical (unpaired) electrons. The number of nitrogens with two attached hydrogens (primary N) is 1. The first kappa shape index (κ1) is 13.0. The average molecular weight is 251 g/mol. The van der Waals surface area contributed by atoms with Crippen LogP contribution in [0.1, 0.15) is 25.5 Å². The van der Waals surface area contributed by atoms with E-state index in [4.69, 9.17) is 10.6 Å². The van der Waals surface area contributed by atoms with Gasteiger partial charge in [0.2, 0.25) is 5.95 Å². The minimum Gasteiger partial charge on any atom is -0.378 e. The predicted octanol–water partition coefficient (Wildman–Crippen LogP) is 1.14. The monoisotopic (exact) mass is 251 g/mol. The van der Waals surface area contributed by atoms with E-state index in [0.29, 0.717) is 12.4 Å². The molecule has 0 aliphatic carbocycles. The van der Waals surface area contributed by atoms with E-state index in [-0.39, 0.29) is 0 Å². The van der Waals surface area contributed by atoms with Crippen LogP contribution < -0.4 is 16.2 Å². The summed E-state index contributed by atoms with van der Waals surface area (Å²) >= 11 is 0. The van der Waals surface area contributed by atoms with Gasteiger partial charge in [0, 0.05) is 26.3 Å². The highest BCUT2D eigenvalue weighted by Gasteiger charge is 2.18. The lowest BCUT2D eigenvalue weighted by molar-refractivity contribution is 0.181. The van der Waals surface area contributed by atoms with Crippen LogP contribution in [0.25, 0.3) is 0 Å². The molecule has 0 aromatic carbocycles. The molecule has 6 heteroatoms. The Morgan fingerprint density at radius 2 is 2.17 bits per heavy atom. The Kier molecular flexibility index (Phi) is 4.33. The van der Waals surface area contributed by atoms with E-state index in [1.165, 1.54) is 12.8 Å². The van der Waals surface area contributed by atoms with Crippen molar-refractivity contribution in [3.8, 4) is 0 Å². The molecule has 2 heterocycles. The van der Waals surface area contributed by atoms with E-state index in [0.717, 1.165) is 30.6 Å². The summed E-state index contributed by atoms with van der Waals surface area (Å²) in [7, 11) is 1.65. The largest absolute Gasteiger partial charge is 0.378 e. The number of nitrogens with one attached hydrogen (secondary N) is 1. The molecule has 100 valence electrons. The number of anilines is 2. The first-order chi connectivity index (χ1) is 8.72. The Balaban J connectivity index is 2.17. The second-order valence-electron chi connectivity index (χ2n) is 4.79. The molecule has 1 aliphatic rings. The van der Waals surface area contributed by atoms with Crippen molar-refractivity contribution in [3.05, 3.63) is 11.8 Å². The Hall–Kier alpha value is -1.40. The third-order valence-electron chi connectivity index (χ3n) is 3.27. The number of nitrogen functional groups attached to an aromatic ring is 1. The number of hydrazine groups is 1. The molecule has 0 bridgehead atoms. The van der Waals surface area contributed by atoms with Crippen LogP contribution in [0.5, 0.6) is 0 Å². The zero-order valence-corrected chi connectivity index (χ0v) is 11.0. The molecule has 18 heavy (non-hydrogen) atoms. The molecule has 3 N–H and O–H groups in total. The average Bonchev–Trinajstić information content (AvgIpc) is 2.39. The summed E-state index contributed by atoms with van der Waals surface area (Å²) in [4.78, 5) is 11.1. The fourth-order valence-electron chi connectivity index (χ4n) is 2.13. The van der Waals surface area contributed by atoms with Crippen molar-refractivity contribution in [2.75, 3.05) is 30.5 Å². The lowest BCUT2D eigenvalue weighted by Gasteiger charge is -2.30. The third kappa shape index (κ3) is 3.08. The molecular formula is C12H21N5O. The van der Waals surface area contributed by atoms with Gasteiger partial charge < -0.3 is 15.1 Å². The molecule has 1 aromatic heterocycles. The van der Waals surface area contributed by atoms with Gasteiger partial charge in [-0.05, 0) is 18.8 Å². The van der Waals surface area contributed by atoms with Gasteiger partial charge in [0.1, 0.15) is 5.82 Å². The molecule has 0 spiro atoms. The Morgan fingerprint density at radius 3 is 2.78 bits per heavy atom. The normalized spacial score (nSPS) is 16.9. The van der Waals surface area contributed by atoms with E-state index in [2.05, 4.69) is 27.2 Å². The number of aromatic nitrogens is 2. The fourth-order valence-corrected chi connectivity index (χ4v) is 2.13. The molecule has 2 rings (SSSR count). The summed E-state index contributed by atoms with van der Waals surface area (Å²) in [6, 6.07) is 1.81. The lowest BCUT2D eigenvalue weighted by atomic mass is 10.00. The highest BCUT2D eigenvalue weighted by atomic mass is 16.5. The van der Waals surface area contributed by atoms with E-state index in [9.17, 15) is 0 Å². The zero-order valence-electron chi connectivity index (χ0n) is 11.0. The fraction of sp³-hybridized carbons (Fsp3) is 0.667. The van der Waals surface area contributed by atoms with Crippen molar-refractivity contribution in [2.45, 2.75) is 26.4 Å². The summed E-state index contributed by atoms with van der Waals surface area (Å²) in [6.07, 6.45) is 2.37. The van der Waals surface area contributed by atoms with E-state index in [1.807, 2.05) is 0 Å². The van der Waals surface area contributed by atoms with Crippen LogP contribution in [0.4, 0.5) is 11.8 Å². The van der Waals surface area contributed by atoms with Crippen LogP contribution in [0.15, 0.2) is 6.07 Å². The highest BCUT2D eigenvalue weighted by Crippen LogP contribution is 2.21. The van der Waals surface area contributed by atoms with Gasteiger partial charge in [-0.1, -0.05) is 6.92 Å². The van der Waals surface area contributed by atoms with Crippen LogP contribution in [0, 0.1) is 5.92 Å². The zero-order chi connectivity index (χ0) is 13.0. The Bertz CT molecular complexity index is 390. The Morgan fingerprint density at radius 1 is 1.44 bits per heavy atom. The van der Waals surface area contributed by atoms with Crippen molar-refractivity contribution in [3.63, 3.8) is 0 Å². The molecule has 1 aromatic rings. The third-order valence-corrected chi connectivity index (χ3v) is 3.27. The van der Waals surface area contributed by atoms with Crippen molar-refractivity contribution in [1.82, 2.24) is 9.97 Å². The van der Waals surface area contributed by atoms with Gasteiger partial charge in [-0.25, -0.2) is 10.8 Å². The smallest absolute Gasteiger partial charge is 0.227 e. The molecular weight excluding hydrogens is 230 g/mol. The van der Waals surface area contributed by atoms with Crippen molar-refractivity contribution < 1.29 is 4.74 Å². The number of nitrogens with zero attached hydrogens (tertiary/aromatic N) is 3. The second kappa shape index (κ2) is 5.97. The predicted molar refractivity (Wildman–Crippen MR) is 71.2 cm³/mol. The molecule has 1 aliphatic heterocycles. The van der Waals surface area contributed by atoms with Crippen LogP contribution in [0.2, 0.25) is 0 Å². The molecule has 0 atom stereocenters. The molecule has 0 unspecified atom stereocenters. The summed E-state index contributed by atoms with van der Waals surface area (Å²) in [6.45, 7) is 4.75. The first-order valence-corrected chi connectivity index (χ1v) is 6.31. The van der Waals surface area contributed by atoms with Gasteiger partial charge in [-0.15, -0.1) is 0 Å². The minimum absolute atomic E-state index is 0.467. The number of hydrogen-bond acceptors (Lipinski definition) is 6. The number of ether oxygens (including phenoxy) is 1.